The lowest BCUT2D eigenvalue weighted by atomic mass is 9.75. The number of amides is 2. The van der Waals surface area contributed by atoms with Crippen molar-refractivity contribution in [3.63, 3.8) is 0 Å². The zero-order valence-electron chi connectivity index (χ0n) is 11.2. The molecular weight excluding hydrogens is 280 g/mol. The topological polar surface area (TPSA) is 78.4 Å². The van der Waals surface area contributed by atoms with Gasteiger partial charge in [-0.25, -0.2) is 9.59 Å². The average molecular weight is 297 g/mol. The summed E-state index contributed by atoms with van der Waals surface area (Å²) in [5.74, 6) is -1.12. The molecule has 5 nitrogen and oxygen atoms in total. The summed E-state index contributed by atoms with van der Waals surface area (Å²) in [5.41, 5.74) is 0.278. The van der Waals surface area contributed by atoms with Gasteiger partial charge in [0.1, 0.15) is 0 Å². The number of aromatic carboxylic acids is 1. The van der Waals surface area contributed by atoms with Gasteiger partial charge < -0.3 is 15.7 Å². The first-order valence-corrected chi connectivity index (χ1v) is 6.95. The first kappa shape index (κ1) is 14.7. The predicted molar refractivity (Wildman–Crippen MR) is 77.4 cm³/mol. The van der Waals surface area contributed by atoms with Crippen LogP contribution in [-0.4, -0.2) is 22.6 Å². The van der Waals surface area contributed by atoms with E-state index in [-0.39, 0.29) is 22.2 Å². The fourth-order valence-corrected chi connectivity index (χ4v) is 2.54. The Morgan fingerprint density at radius 3 is 2.60 bits per heavy atom. The van der Waals surface area contributed by atoms with Crippen LogP contribution in [0.3, 0.4) is 0 Å². The number of rotatable bonds is 4. The largest absolute Gasteiger partial charge is 0.478 e. The van der Waals surface area contributed by atoms with Crippen molar-refractivity contribution in [2.75, 3.05) is 5.32 Å². The molecular formula is C14H17ClN2O3. The van der Waals surface area contributed by atoms with E-state index < -0.39 is 5.97 Å². The van der Waals surface area contributed by atoms with E-state index in [1.165, 1.54) is 12.1 Å². The van der Waals surface area contributed by atoms with Crippen LogP contribution < -0.4 is 10.6 Å². The molecule has 2 rings (SSSR count). The highest BCUT2D eigenvalue weighted by Crippen LogP contribution is 2.34. The number of nitrogens with one attached hydrogen (secondary N) is 2. The van der Waals surface area contributed by atoms with Crippen LogP contribution in [0.1, 0.15) is 43.0 Å². The number of benzene rings is 1. The fourth-order valence-electron chi connectivity index (χ4n) is 2.34. The molecule has 0 heterocycles. The van der Waals surface area contributed by atoms with Gasteiger partial charge in [-0.05, 0) is 43.9 Å². The maximum Gasteiger partial charge on any atom is 0.337 e. The summed E-state index contributed by atoms with van der Waals surface area (Å²) in [5, 5.41) is 14.7. The molecule has 1 fully saturated rings. The van der Waals surface area contributed by atoms with Gasteiger partial charge in [-0.1, -0.05) is 18.5 Å². The Kier molecular flexibility index (Phi) is 4.18. The second-order valence-corrected chi connectivity index (χ2v) is 5.47. The van der Waals surface area contributed by atoms with E-state index in [0.717, 1.165) is 25.7 Å². The van der Waals surface area contributed by atoms with E-state index in [0.29, 0.717) is 5.69 Å². The lowest BCUT2D eigenvalue weighted by Crippen LogP contribution is -2.54. The van der Waals surface area contributed by atoms with Crippen molar-refractivity contribution in [2.24, 2.45) is 0 Å². The van der Waals surface area contributed by atoms with Crippen LogP contribution in [0.15, 0.2) is 18.2 Å². The summed E-state index contributed by atoms with van der Waals surface area (Å²) in [6.45, 7) is 2.05. The van der Waals surface area contributed by atoms with Crippen LogP contribution >= 0.6 is 11.6 Å². The quantitative estimate of drug-likeness (QED) is 0.796. The van der Waals surface area contributed by atoms with Gasteiger partial charge in [0, 0.05) is 11.2 Å². The Morgan fingerprint density at radius 2 is 2.10 bits per heavy atom. The zero-order chi connectivity index (χ0) is 14.8. The number of carbonyl (C=O) groups excluding carboxylic acids is 1. The van der Waals surface area contributed by atoms with Crippen molar-refractivity contribution in [3.8, 4) is 0 Å². The number of hydrogen-bond acceptors (Lipinski definition) is 2. The number of urea groups is 1. The highest BCUT2D eigenvalue weighted by atomic mass is 35.5. The van der Waals surface area contributed by atoms with Crippen LogP contribution in [0.4, 0.5) is 10.5 Å². The van der Waals surface area contributed by atoms with Gasteiger partial charge in [0.25, 0.3) is 0 Å². The van der Waals surface area contributed by atoms with Crippen molar-refractivity contribution in [1.82, 2.24) is 5.32 Å². The molecule has 0 aliphatic heterocycles. The lowest BCUT2D eigenvalue weighted by Gasteiger charge is -2.41. The first-order chi connectivity index (χ1) is 9.46. The van der Waals surface area contributed by atoms with E-state index in [2.05, 4.69) is 10.6 Å². The summed E-state index contributed by atoms with van der Waals surface area (Å²) < 4.78 is 0. The minimum Gasteiger partial charge on any atom is -0.478 e. The van der Waals surface area contributed by atoms with Gasteiger partial charge >= 0.3 is 12.0 Å². The van der Waals surface area contributed by atoms with Gasteiger partial charge in [-0.2, -0.15) is 0 Å². The number of carboxylic acid groups (broad SMARTS) is 1. The number of anilines is 1. The maximum atomic E-state index is 11.9. The highest BCUT2D eigenvalue weighted by molar-refractivity contribution is 6.33. The number of hydrogen-bond donors (Lipinski definition) is 3. The van der Waals surface area contributed by atoms with Crippen molar-refractivity contribution >= 4 is 29.3 Å². The van der Waals surface area contributed by atoms with E-state index in [1.807, 2.05) is 6.92 Å². The molecule has 1 aliphatic rings. The molecule has 0 aromatic heterocycles. The summed E-state index contributed by atoms with van der Waals surface area (Å²) >= 11 is 5.78. The van der Waals surface area contributed by atoms with Crippen LogP contribution in [0.25, 0.3) is 0 Å². The molecule has 1 aromatic carbocycles. The molecule has 0 saturated heterocycles. The van der Waals surface area contributed by atoms with Gasteiger partial charge in [-0.3, -0.25) is 0 Å². The SMILES string of the molecule is CCC1(NC(=O)Nc2ccc(Cl)c(C(=O)O)c2)CCC1. The fraction of sp³-hybridized carbons (Fsp3) is 0.429. The Labute approximate surface area is 122 Å². The molecule has 1 saturated carbocycles. The normalized spacial score (nSPS) is 16.1. The Bertz CT molecular complexity index is 536. The molecule has 1 aromatic rings. The van der Waals surface area contributed by atoms with Gasteiger partial charge in [0.05, 0.1) is 10.6 Å². The van der Waals surface area contributed by atoms with E-state index >= 15 is 0 Å². The molecule has 3 N–H and O–H groups in total. The molecule has 0 unspecified atom stereocenters. The van der Waals surface area contributed by atoms with Crippen LogP contribution in [0, 0.1) is 0 Å². The Morgan fingerprint density at radius 1 is 1.40 bits per heavy atom. The van der Waals surface area contributed by atoms with Crippen LogP contribution in [-0.2, 0) is 0 Å². The van der Waals surface area contributed by atoms with Crippen molar-refractivity contribution < 1.29 is 14.7 Å². The van der Waals surface area contributed by atoms with Gasteiger partial charge in [0.2, 0.25) is 0 Å². The first-order valence-electron chi connectivity index (χ1n) is 6.58. The lowest BCUT2D eigenvalue weighted by molar-refractivity contribution is 0.0697. The molecule has 0 bridgehead atoms. The summed E-state index contributed by atoms with van der Waals surface area (Å²) in [6, 6.07) is 4.07. The standard InChI is InChI=1S/C14H17ClN2O3/c1-2-14(6-3-7-14)17-13(20)16-9-4-5-11(15)10(8-9)12(18)19/h4-5,8H,2-3,6-7H2,1H3,(H,18,19)(H2,16,17,20). The second-order valence-electron chi connectivity index (χ2n) is 5.07. The molecule has 0 atom stereocenters. The summed E-state index contributed by atoms with van der Waals surface area (Å²) in [4.78, 5) is 22.9. The number of halogens is 1. The third-order valence-electron chi connectivity index (χ3n) is 3.82. The molecule has 2 amide bonds. The van der Waals surface area contributed by atoms with Crippen molar-refractivity contribution in [2.45, 2.75) is 38.1 Å². The molecule has 6 heteroatoms. The third kappa shape index (κ3) is 3.04. The van der Waals surface area contributed by atoms with Crippen LogP contribution in [0.5, 0.6) is 0 Å². The maximum absolute atomic E-state index is 11.9. The zero-order valence-corrected chi connectivity index (χ0v) is 12.0. The van der Waals surface area contributed by atoms with Crippen LogP contribution in [0.2, 0.25) is 5.02 Å². The molecule has 20 heavy (non-hydrogen) atoms. The number of carboxylic acids is 1. The van der Waals surface area contributed by atoms with E-state index in [1.54, 1.807) is 6.07 Å². The van der Waals surface area contributed by atoms with E-state index in [9.17, 15) is 9.59 Å². The molecule has 0 spiro atoms. The Hall–Kier alpha value is -1.75. The summed E-state index contributed by atoms with van der Waals surface area (Å²) in [7, 11) is 0. The monoisotopic (exact) mass is 296 g/mol. The third-order valence-corrected chi connectivity index (χ3v) is 4.15. The Balaban J connectivity index is 2.04. The number of carbonyl (C=O) groups is 2. The minimum absolute atomic E-state index is 0.0293. The van der Waals surface area contributed by atoms with Crippen molar-refractivity contribution in [1.29, 1.82) is 0 Å². The van der Waals surface area contributed by atoms with E-state index in [4.69, 9.17) is 16.7 Å². The average Bonchev–Trinajstić information content (AvgIpc) is 2.36. The smallest absolute Gasteiger partial charge is 0.337 e. The summed E-state index contributed by atoms with van der Waals surface area (Å²) in [6.07, 6.45) is 3.98. The molecule has 108 valence electrons. The molecule has 1 aliphatic carbocycles. The molecule has 0 radical (unpaired) electrons. The van der Waals surface area contributed by atoms with Gasteiger partial charge in [-0.15, -0.1) is 0 Å². The second kappa shape index (κ2) is 5.71. The predicted octanol–water partition coefficient (Wildman–Crippen LogP) is 3.49. The van der Waals surface area contributed by atoms with Gasteiger partial charge in [0.15, 0.2) is 0 Å². The minimum atomic E-state index is -1.12. The van der Waals surface area contributed by atoms with Crippen molar-refractivity contribution in [3.05, 3.63) is 28.8 Å². The highest BCUT2D eigenvalue weighted by Gasteiger charge is 2.36.